The summed E-state index contributed by atoms with van der Waals surface area (Å²) in [7, 11) is 0. The SMILES string of the molecule is CCCC1CCCC(N)(c2cnccc2C)CC1. The average Bonchev–Trinajstić information content (AvgIpc) is 2.54. The molecule has 1 aromatic heterocycles. The van der Waals surface area contributed by atoms with Crippen molar-refractivity contribution in [1.82, 2.24) is 4.98 Å². The van der Waals surface area contributed by atoms with Crippen LogP contribution in [0.2, 0.25) is 0 Å². The van der Waals surface area contributed by atoms with Gasteiger partial charge in [0.2, 0.25) is 0 Å². The standard InChI is InChI=1S/C16H26N2/c1-3-5-14-6-4-9-16(17,10-7-14)15-12-18-11-8-13(15)2/h8,11-12,14H,3-7,9-10,17H2,1-2H3. The van der Waals surface area contributed by atoms with Gasteiger partial charge in [0.15, 0.2) is 0 Å². The van der Waals surface area contributed by atoms with E-state index in [1.807, 2.05) is 12.4 Å². The molecular formula is C16H26N2. The highest BCUT2D eigenvalue weighted by Gasteiger charge is 2.31. The second-order valence-corrected chi connectivity index (χ2v) is 5.93. The summed E-state index contributed by atoms with van der Waals surface area (Å²) in [5.41, 5.74) is 9.12. The number of aryl methyl sites for hydroxylation is 1. The molecule has 1 aliphatic rings. The minimum absolute atomic E-state index is 0.138. The van der Waals surface area contributed by atoms with Crippen LogP contribution in [0.4, 0.5) is 0 Å². The zero-order valence-electron chi connectivity index (χ0n) is 11.8. The molecule has 0 saturated heterocycles. The predicted molar refractivity (Wildman–Crippen MR) is 76.3 cm³/mol. The topological polar surface area (TPSA) is 38.9 Å². The van der Waals surface area contributed by atoms with Gasteiger partial charge in [-0.05, 0) is 49.3 Å². The van der Waals surface area contributed by atoms with Crippen LogP contribution < -0.4 is 5.73 Å². The minimum atomic E-state index is -0.138. The molecule has 0 amide bonds. The number of hydrogen-bond acceptors (Lipinski definition) is 2. The molecule has 0 radical (unpaired) electrons. The Hall–Kier alpha value is -0.890. The number of rotatable bonds is 3. The monoisotopic (exact) mass is 246 g/mol. The molecule has 0 aliphatic heterocycles. The third-order valence-corrected chi connectivity index (χ3v) is 4.51. The van der Waals surface area contributed by atoms with Crippen molar-refractivity contribution in [3.05, 3.63) is 29.6 Å². The van der Waals surface area contributed by atoms with E-state index in [0.29, 0.717) is 0 Å². The molecule has 2 heteroatoms. The van der Waals surface area contributed by atoms with E-state index in [1.54, 1.807) is 0 Å². The molecule has 0 spiro atoms. The summed E-state index contributed by atoms with van der Waals surface area (Å²) in [6, 6.07) is 2.08. The summed E-state index contributed by atoms with van der Waals surface area (Å²) in [4.78, 5) is 4.27. The van der Waals surface area contributed by atoms with Gasteiger partial charge in [-0.2, -0.15) is 0 Å². The molecule has 1 aliphatic carbocycles. The molecule has 0 aromatic carbocycles. The quantitative estimate of drug-likeness (QED) is 0.821. The van der Waals surface area contributed by atoms with Crippen molar-refractivity contribution < 1.29 is 0 Å². The summed E-state index contributed by atoms with van der Waals surface area (Å²) in [6.07, 6.45) is 12.6. The summed E-state index contributed by atoms with van der Waals surface area (Å²) < 4.78 is 0. The lowest BCUT2D eigenvalue weighted by atomic mass is 9.82. The number of pyridine rings is 1. The number of hydrogen-bond donors (Lipinski definition) is 1. The van der Waals surface area contributed by atoms with Gasteiger partial charge >= 0.3 is 0 Å². The van der Waals surface area contributed by atoms with Crippen LogP contribution in [0.1, 0.15) is 63.0 Å². The fourth-order valence-electron chi connectivity index (χ4n) is 3.39. The highest BCUT2D eigenvalue weighted by atomic mass is 14.8. The van der Waals surface area contributed by atoms with Gasteiger partial charge < -0.3 is 5.73 Å². The van der Waals surface area contributed by atoms with Crippen molar-refractivity contribution in [2.45, 2.75) is 64.3 Å². The number of nitrogens with zero attached hydrogens (tertiary/aromatic N) is 1. The van der Waals surface area contributed by atoms with E-state index in [9.17, 15) is 0 Å². The highest BCUT2D eigenvalue weighted by Crippen LogP contribution is 2.38. The van der Waals surface area contributed by atoms with E-state index >= 15 is 0 Å². The lowest BCUT2D eigenvalue weighted by molar-refractivity contribution is 0.365. The first-order valence-electron chi connectivity index (χ1n) is 7.35. The van der Waals surface area contributed by atoms with Crippen molar-refractivity contribution in [2.75, 3.05) is 0 Å². The van der Waals surface area contributed by atoms with E-state index in [4.69, 9.17) is 5.73 Å². The molecule has 1 fully saturated rings. The average molecular weight is 246 g/mol. The van der Waals surface area contributed by atoms with Gasteiger partial charge in [0.25, 0.3) is 0 Å². The molecule has 100 valence electrons. The fourth-order valence-corrected chi connectivity index (χ4v) is 3.39. The van der Waals surface area contributed by atoms with E-state index in [0.717, 1.165) is 18.8 Å². The van der Waals surface area contributed by atoms with Crippen molar-refractivity contribution in [2.24, 2.45) is 11.7 Å². The highest BCUT2D eigenvalue weighted by molar-refractivity contribution is 5.29. The summed E-state index contributed by atoms with van der Waals surface area (Å²) in [6.45, 7) is 4.44. The van der Waals surface area contributed by atoms with E-state index in [2.05, 4.69) is 24.9 Å². The Morgan fingerprint density at radius 3 is 2.94 bits per heavy atom. The van der Waals surface area contributed by atoms with Crippen molar-refractivity contribution in [1.29, 1.82) is 0 Å². The zero-order chi connectivity index (χ0) is 13.0. The Morgan fingerprint density at radius 2 is 2.22 bits per heavy atom. The van der Waals surface area contributed by atoms with Gasteiger partial charge in [0.1, 0.15) is 0 Å². The first-order chi connectivity index (χ1) is 8.65. The van der Waals surface area contributed by atoms with Crippen LogP contribution in [0.25, 0.3) is 0 Å². The third kappa shape index (κ3) is 2.92. The van der Waals surface area contributed by atoms with E-state index in [-0.39, 0.29) is 5.54 Å². The maximum absolute atomic E-state index is 6.70. The van der Waals surface area contributed by atoms with Gasteiger partial charge in [-0.1, -0.05) is 32.6 Å². The van der Waals surface area contributed by atoms with Crippen LogP contribution in [-0.2, 0) is 5.54 Å². The Balaban J connectivity index is 2.14. The summed E-state index contributed by atoms with van der Waals surface area (Å²) >= 11 is 0. The largest absolute Gasteiger partial charge is 0.321 e. The normalized spacial score (nSPS) is 28.9. The van der Waals surface area contributed by atoms with Gasteiger partial charge in [-0.3, -0.25) is 4.98 Å². The van der Waals surface area contributed by atoms with Crippen LogP contribution in [-0.4, -0.2) is 4.98 Å². The molecular weight excluding hydrogens is 220 g/mol. The lowest BCUT2D eigenvalue weighted by Gasteiger charge is -2.30. The molecule has 18 heavy (non-hydrogen) atoms. The Kier molecular flexibility index (Phi) is 4.39. The van der Waals surface area contributed by atoms with Crippen LogP contribution in [0.15, 0.2) is 18.5 Å². The summed E-state index contributed by atoms with van der Waals surface area (Å²) in [5.74, 6) is 0.886. The van der Waals surface area contributed by atoms with Gasteiger partial charge in [-0.15, -0.1) is 0 Å². The van der Waals surface area contributed by atoms with Crippen LogP contribution in [0.5, 0.6) is 0 Å². The van der Waals surface area contributed by atoms with E-state index in [1.165, 1.54) is 43.2 Å². The van der Waals surface area contributed by atoms with Crippen molar-refractivity contribution in [3.63, 3.8) is 0 Å². The molecule has 1 aromatic rings. The lowest BCUT2D eigenvalue weighted by Crippen LogP contribution is -2.37. The van der Waals surface area contributed by atoms with Crippen LogP contribution >= 0.6 is 0 Å². The molecule has 2 nitrogen and oxygen atoms in total. The molecule has 2 atom stereocenters. The molecule has 2 N–H and O–H groups in total. The fraction of sp³-hybridized carbons (Fsp3) is 0.688. The zero-order valence-corrected chi connectivity index (χ0v) is 11.8. The Labute approximate surface area is 111 Å². The van der Waals surface area contributed by atoms with Gasteiger partial charge in [0.05, 0.1) is 0 Å². The molecule has 2 rings (SSSR count). The molecule has 1 heterocycles. The predicted octanol–water partition coefficient (Wildman–Crippen LogP) is 3.92. The Morgan fingerprint density at radius 1 is 1.39 bits per heavy atom. The maximum atomic E-state index is 6.70. The molecule has 0 bridgehead atoms. The van der Waals surface area contributed by atoms with Crippen LogP contribution in [0, 0.1) is 12.8 Å². The third-order valence-electron chi connectivity index (χ3n) is 4.51. The first kappa shape index (κ1) is 13.5. The summed E-state index contributed by atoms with van der Waals surface area (Å²) in [5, 5.41) is 0. The second-order valence-electron chi connectivity index (χ2n) is 5.93. The van der Waals surface area contributed by atoms with Gasteiger partial charge in [0, 0.05) is 17.9 Å². The smallest absolute Gasteiger partial charge is 0.0427 e. The van der Waals surface area contributed by atoms with E-state index < -0.39 is 0 Å². The molecule has 1 saturated carbocycles. The van der Waals surface area contributed by atoms with Crippen LogP contribution in [0.3, 0.4) is 0 Å². The number of nitrogens with two attached hydrogens (primary N) is 1. The molecule has 2 unspecified atom stereocenters. The number of aromatic nitrogens is 1. The maximum Gasteiger partial charge on any atom is 0.0427 e. The first-order valence-corrected chi connectivity index (χ1v) is 7.35. The van der Waals surface area contributed by atoms with Crippen molar-refractivity contribution >= 4 is 0 Å². The Bertz CT molecular complexity index is 388. The van der Waals surface area contributed by atoms with Crippen molar-refractivity contribution in [3.8, 4) is 0 Å². The minimum Gasteiger partial charge on any atom is -0.321 e. The van der Waals surface area contributed by atoms with Gasteiger partial charge in [-0.25, -0.2) is 0 Å². The second kappa shape index (κ2) is 5.83.